The molecule has 0 bridgehead atoms. The van der Waals surface area contributed by atoms with Gasteiger partial charge in [0, 0.05) is 19.2 Å². The van der Waals surface area contributed by atoms with E-state index in [1.54, 1.807) is 41.6 Å². The number of thiophene rings is 1. The minimum absolute atomic E-state index is 0.0344. The molecule has 0 unspecified atom stereocenters. The SMILES string of the molecule is CN(Cc1cccc(/C(N)=N/O)c1)C(=O)c1sccc1Cl. The number of oxime groups is 1. The number of nitrogens with two attached hydrogens (primary N) is 1. The second-order valence-electron chi connectivity index (χ2n) is 4.44. The number of rotatable bonds is 4. The number of carbonyl (C=O) groups is 1. The van der Waals surface area contributed by atoms with E-state index in [4.69, 9.17) is 22.5 Å². The van der Waals surface area contributed by atoms with E-state index >= 15 is 0 Å². The molecule has 0 atom stereocenters. The Morgan fingerprint density at radius 3 is 2.86 bits per heavy atom. The van der Waals surface area contributed by atoms with Crippen LogP contribution in [0.2, 0.25) is 5.02 Å². The van der Waals surface area contributed by atoms with Gasteiger partial charge in [-0.25, -0.2) is 0 Å². The molecule has 7 heteroatoms. The summed E-state index contributed by atoms with van der Waals surface area (Å²) in [6.07, 6.45) is 0. The first-order chi connectivity index (χ1) is 10.0. The first-order valence-electron chi connectivity index (χ1n) is 6.08. The van der Waals surface area contributed by atoms with Crippen LogP contribution in [0, 0.1) is 0 Å². The number of carbonyl (C=O) groups excluding carboxylic acids is 1. The van der Waals surface area contributed by atoms with E-state index in [0.29, 0.717) is 22.0 Å². The third-order valence-corrected chi connectivity index (χ3v) is 4.24. The summed E-state index contributed by atoms with van der Waals surface area (Å²) < 4.78 is 0. The second-order valence-corrected chi connectivity index (χ2v) is 5.77. The van der Waals surface area contributed by atoms with Gasteiger partial charge in [0.1, 0.15) is 4.88 Å². The lowest BCUT2D eigenvalue weighted by Gasteiger charge is -2.17. The second kappa shape index (κ2) is 6.60. The molecule has 3 N–H and O–H groups in total. The van der Waals surface area contributed by atoms with Gasteiger partial charge in [0.2, 0.25) is 0 Å². The van der Waals surface area contributed by atoms with Gasteiger partial charge in [-0.1, -0.05) is 35.0 Å². The maximum Gasteiger partial charge on any atom is 0.265 e. The van der Waals surface area contributed by atoms with Crippen molar-refractivity contribution in [3.63, 3.8) is 0 Å². The summed E-state index contributed by atoms with van der Waals surface area (Å²) in [7, 11) is 1.70. The van der Waals surface area contributed by atoms with Crippen molar-refractivity contribution < 1.29 is 10.0 Å². The smallest absolute Gasteiger partial charge is 0.265 e. The Morgan fingerprint density at radius 2 is 2.24 bits per heavy atom. The quantitative estimate of drug-likeness (QED) is 0.393. The molecular weight excluding hydrogens is 310 g/mol. The van der Waals surface area contributed by atoms with Gasteiger partial charge >= 0.3 is 0 Å². The summed E-state index contributed by atoms with van der Waals surface area (Å²) in [5, 5.41) is 13.9. The van der Waals surface area contributed by atoms with Crippen molar-refractivity contribution in [3.05, 3.63) is 56.7 Å². The van der Waals surface area contributed by atoms with E-state index in [1.165, 1.54) is 11.3 Å². The molecule has 0 spiro atoms. The Morgan fingerprint density at radius 1 is 1.48 bits per heavy atom. The highest BCUT2D eigenvalue weighted by Gasteiger charge is 2.16. The molecule has 0 aliphatic rings. The fourth-order valence-corrected chi connectivity index (χ4v) is 2.98. The van der Waals surface area contributed by atoms with E-state index in [2.05, 4.69) is 5.16 Å². The average molecular weight is 324 g/mol. The largest absolute Gasteiger partial charge is 0.409 e. The summed E-state index contributed by atoms with van der Waals surface area (Å²) in [5.74, 6) is -0.101. The minimum atomic E-state index is -0.135. The minimum Gasteiger partial charge on any atom is -0.409 e. The summed E-state index contributed by atoms with van der Waals surface area (Å²) in [5.41, 5.74) is 7.03. The van der Waals surface area contributed by atoms with Crippen molar-refractivity contribution in [3.8, 4) is 0 Å². The van der Waals surface area contributed by atoms with Crippen LogP contribution in [-0.4, -0.2) is 28.9 Å². The molecule has 1 aromatic heterocycles. The number of amidine groups is 1. The van der Waals surface area contributed by atoms with E-state index in [0.717, 1.165) is 5.56 Å². The maximum absolute atomic E-state index is 12.3. The average Bonchev–Trinajstić information content (AvgIpc) is 2.92. The molecule has 1 amide bonds. The van der Waals surface area contributed by atoms with E-state index < -0.39 is 0 Å². The number of nitrogens with zero attached hydrogens (tertiary/aromatic N) is 2. The van der Waals surface area contributed by atoms with Gasteiger partial charge in [-0.2, -0.15) is 0 Å². The van der Waals surface area contributed by atoms with Crippen LogP contribution in [0.5, 0.6) is 0 Å². The highest BCUT2D eigenvalue weighted by molar-refractivity contribution is 7.12. The lowest BCUT2D eigenvalue weighted by atomic mass is 10.1. The number of hydrogen-bond donors (Lipinski definition) is 2. The fourth-order valence-electron chi connectivity index (χ4n) is 1.85. The van der Waals surface area contributed by atoms with Crippen LogP contribution in [0.4, 0.5) is 0 Å². The van der Waals surface area contributed by atoms with Crippen LogP contribution in [0.3, 0.4) is 0 Å². The molecule has 2 rings (SSSR count). The van der Waals surface area contributed by atoms with Crippen LogP contribution in [0.15, 0.2) is 40.9 Å². The molecule has 0 saturated heterocycles. The first kappa shape index (κ1) is 15.3. The van der Waals surface area contributed by atoms with Gasteiger partial charge in [-0.15, -0.1) is 11.3 Å². The number of halogens is 1. The van der Waals surface area contributed by atoms with Gasteiger partial charge in [-0.05, 0) is 23.1 Å². The summed E-state index contributed by atoms with van der Waals surface area (Å²) in [4.78, 5) is 14.4. The lowest BCUT2D eigenvalue weighted by Crippen LogP contribution is -2.25. The van der Waals surface area contributed by atoms with Crippen molar-refractivity contribution in [2.45, 2.75) is 6.54 Å². The maximum atomic E-state index is 12.3. The monoisotopic (exact) mass is 323 g/mol. The Labute approximate surface area is 131 Å². The Balaban J connectivity index is 2.15. The van der Waals surface area contributed by atoms with Gasteiger partial charge in [0.25, 0.3) is 5.91 Å². The predicted molar refractivity (Wildman–Crippen MR) is 84.1 cm³/mol. The van der Waals surface area contributed by atoms with Gasteiger partial charge in [0.15, 0.2) is 5.84 Å². The van der Waals surface area contributed by atoms with Crippen molar-refractivity contribution in [1.29, 1.82) is 0 Å². The third kappa shape index (κ3) is 3.53. The zero-order valence-corrected chi connectivity index (χ0v) is 12.9. The molecule has 1 heterocycles. The zero-order valence-electron chi connectivity index (χ0n) is 11.3. The molecule has 0 aliphatic carbocycles. The number of benzene rings is 1. The van der Waals surface area contributed by atoms with E-state index in [-0.39, 0.29) is 11.7 Å². The molecule has 0 saturated carbocycles. The Bertz CT molecular complexity index is 684. The van der Waals surface area contributed by atoms with Crippen LogP contribution < -0.4 is 5.73 Å². The standard InChI is InChI=1S/C14H14ClN3O2S/c1-18(14(19)12-11(15)5-6-21-12)8-9-3-2-4-10(7-9)13(16)17-20/h2-7,20H,8H2,1H3,(H2,16,17). The molecule has 2 aromatic rings. The fraction of sp³-hybridized carbons (Fsp3) is 0.143. The van der Waals surface area contributed by atoms with Crippen molar-refractivity contribution in [1.82, 2.24) is 4.90 Å². The van der Waals surface area contributed by atoms with Crippen molar-refractivity contribution in [2.24, 2.45) is 10.9 Å². The molecular formula is C14H14ClN3O2S. The van der Waals surface area contributed by atoms with E-state index in [1.807, 2.05) is 6.07 Å². The number of hydrogen-bond acceptors (Lipinski definition) is 4. The van der Waals surface area contributed by atoms with Crippen molar-refractivity contribution in [2.75, 3.05) is 7.05 Å². The van der Waals surface area contributed by atoms with Crippen LogP contribution in [0.1, 0.15) is 20.8 Å². The molecule has 0 radical (unpaired) electrons. The van der Waals surface area contributed by atoms with Crippen molar-refractivity contribution >= 4 is 34.7 Å². The van der Waals surface area contributed by atoms with Gasteiger partial charge in [-0.3, -0.25) is 4.79 Å². The van der Waals surface area contributed by atoms with Crippen LogP contribution in [-0.2, 0) is 6.54 Å². The lowest BCUT2D eigenvalue weighted by molar-refractivity contribution is 0.0790. The van der Waals surface area contributed by atoms with Gasteiger partial charge < -0.3 is 15.8 Å². The summed E-state index contributed by atoms with van der Waals surface area (Å²) in [6, 6.07) is 8.87. The first-order valence-corrected chi connectivity index (χ1v) is 7.34. The highest BCUT2D eigenvalue weighted by atomic mass is 35.5. The zero-order chi connectivity index (χ0) is 15.4. The Hall–Kier alpha value is -2.05. The number of amides is 1. The summed E-state index contributed by atoms with van der Waals surface area (Å²) in [6.45, 7) is 0.402. The molecule has 21 heavy (non-hydrogen) atoms. The normalized spacial score (nSPS) is 11.4. The van der Waals surface area contributed by atoms with E-state index in [9.17, 15) is 4.79 Å². The molecule has 0 aliphatic heterocycles. The Kier molecular flexibility index (Phi) is 4.82. The highest BCUT2D eigenvalue weighted by Crippen LogP contribution is 2.23. The molecule has 0 fully saturated rings. The molecule has 5 nitrogen and oxygen atoms in total. The predicted octanol–water partition coefficient (Wildman–Crippen LogP) is 2.77. The third-order valence-electron chi connectivity index (χ3n) is 2.91. The van der Waals surface area contributed by atoms with Crippen LogP contribution in [0.25, 0.3) is 0 Å². The van der Waals surface area contributed by atoms with Gasteiger partial charge in [0.05, 0.1) is 5.02 Å². The topological polar surface area (TPSA) is 78.9 Å². The summed E-state index contributed by atoms with van der Waals surface area (Å²) >= 11 is 7.28. The molecule has 1 aromatic carbocycles. The van der Waals surface area contributed by atoms with Crippen LogP contribution >= 0.6 is 22.9 Å². The molecule has 110 valence electrons.